The zero-order valence-corrected chi connectivity index (χ0v) is 24.1. The van der Waals surface area contributed by atoms with Crippen LogP contribution in [0.25, 0.3) is 0 Å². The number of hydrogen-bond acceptors (Lipinski definition) is 5. The van der Waals surface area contributed by atoms with Gasteiger partial charge in [-0.3, -0.25) is 13.9 Å². The maximum atomic E-state index is 13.9. The van der Waals surface area contributed by atoms with Crippen molar-refractivity contribution in [3.63, 3.8) is 0 Å². The number of likely N-dealkylation sites (N-methyl/N-ethyl adjacent to an activating group) is 1. The second kappa shape index (κ2) is 13.8. The van der Waals surface area contributed by atoms with Crippen LogP contribution in [-0.2, 0) is 26.2 Å². The molecule has 4 rings (SSSR count). The third kappa shape index (κ3) is 7.32. The maximum absolute atomic E-state index is 13.9. The average molecular weight is 590 g/mol. The Morgan fingerprint density at radius 3 is 1.98 bits per heavy atom. The topological polar surface area (TPSA) is 96.0 Å². The number of carbonyl (C=O) groups excluding carboxylic acids is 2. The van der Waals surface area contributed by atoms with E-state index < -0.39 is 40.2 Å². The highest BCUT2D eigenvalue weighted by Gasteiger charge is 2.33. The van der Waals surface area contributed by atoms with Gasteiger partial charge in [-0.15, -0.1) is 0 Å². The molecule has 4 aromatic rings. The fraction of sp³-hybridized carbons (Fsp3) is 0.188. The van der Waals surface area contributed by atoms with Gasteiger partial charge in [0.2, 0.25) is 11.8 Å². The predicted octanol–water partition coefficient (Wildman–Crippen LogP) is 5.37. The van der Waals surface area contributed by atoms with Crippen LogP contribution >= 0.6 is 0 Å². The third-order valence-electron chi connectivity index (χ3n) is 6.61. The molecule has 42 heavy (non-hydrogen) atoms. The van der Waals surface area contributed by atoms with Crippen LogP contribution < -0.4 is 14.4 Å². The van der Waals surface area contributed by atoms with E-state index in [0.717, 1.165) is 4.31 Å². The summed E-state index contributed by atoms with van der Waals surface area (Å²) in [7, 11) is -2.73. The molecular weight excluding hydrogens is 557 g/mol. The van der Waals surface area contributed by atoms with Crippen LogP contribution in [0.3, 0.4) is 0 Å². The van der Waals surface area contributed by atoms with Gasteiger partial charge >= 0.3 is 0 Å². The van der Waals surface area contributed by atoms with Crippen LogP contribution in [0.4, 0.5) is 10.1 Å². The summed E-state index contributed by atoms with van der Waals surface area (Å²) in [6, 6.07) is 28.0. The van der Waals surface area contributed by atoms with Crippen molar-refractivity contribution in [2.24, 2.45) is 0 Å². The van der Waals surface area contributed by atoms with Crippen molar-refractivity contribution in [2.45, 2.75) is 30.8 Å². The number of nitrogens with one attached hydrogen (secondary N) is 1. The number of nitrogens with zero attached hydrogens (tertiary/aromatic N) is 2. The third-order valence-corrected chi connectivity index (χ3v) is 8.40. The minimum atomic E-state index is -4.20. The molecule has 0 aliphatic carbocycles. The predicted molar refractivity (Wildman–Crippen MR) is 159 cm³/mol. The lowest BCUT2D eigenvalue weighted by atomic mass is 10.1. The lowest BCUT2D eigenvalue weighted by molar-refractivity contribution is -0.140. The highest BCUT2D eigenvalue weighted by molar-refractivity contribution is 7.92. The summed E-state index contributed by atoms with van der Waals surface area (Å²) in [5.41, 5.74) is 0.828. The molecule has 1 atom stereocenters. The Labute approximate surface area is 245 Å². The molecule has 0 unspecified atom stereocenters. The summed E-state index contributed by atoms with van der Waals surface area (Å²) in [5.74, 6) is -0.330. The number of sulfonamides is 1. The molecule has 0 heterocycles. The number of hydrogen-bond donors (Lipinski definition) is 1. The quantitative estimate of drug-likeness (QED) is 0.240. The van der Waals surface area contributed by atoms with Gasteiger partial charge in [0, 0.05) is 13.6 Å². The Hall–Kier alpha value is -4.70. The lowest BCUT2D eigenvalue weighted by Crippen LogP contribution is -2.51. The minimum Gasteiger partial charge on any atom is -0.457 e. The molecule has 0 saturated heterocycles. The zero-order valence-electron chi connectivity index (χ0n) is 23.3. The molecule has 218 valence electrons. The van der Waals surface area contributed by atoms with Gasteiger partial charge in [0.15, 0.2) is 0 Å². The van der Waals surface area contributed by atoms with Crippen LogP contribution in [0.1, 0.15) is 18.9 Å². The van der Waals surface area contributed by atoms with Gasteiger partial charge < -0.3 is 15.0 Å². The van der Waals surface area contributed by atoms with Crippen molar-refractivity contribution in [1.82, 2.24) is 10.2 Å². The molecule has 0 radical (unpaired) electrons. The van der Waals surface area contributed by atoms with E-state index in [-0.39, 0.29) is 23.5 Å². The van der Waals surface area contributed by atoms with E-state index in [9.17, 15) is 22.4 Å². The number of carbonyl (C=O) groups is 2. The number of rotatable bonds is 12. The molecule has 2 amide bonds. The number of anilines is 1. The smallest absolute Gasteiger partial charge is 0.264 e. The Kier molecular flexibility index (Phi) is 9.93. The fourth-order valence-corrected chi connectivity index (χ4v) is 5.86. The van der Waals surface area contributed by atoms with Crippen molar-refractivity contribution < 1.29 is 27.1 Å². The van der Waals surface area contributed by atoms with Gasteiger partial charge in [-0.2, -0.15) is 0 Å². The minimum absolute atomic E-state index is 0.00541. The number of para-hydroxylation sites is 1. The highest BCUT2D eigenvalue weighted by Crippen LogP contribution is 2.28. The maximum Gasteiger partial charge on any atom is 0.264 e. The molecule has 10 heteroatoms. The molecule has 0 saturated carbocycles. The molecular formula is C32H32FN3O5S. The van der Waals surface area contributed by atoms with E-state index in [4.69, 9.17) is 4.74 Å². The van der Waals surface area contributed by atoms with E-state index in [1.54, 1.807) is 61.5 Å². The molecule has 0 aliphatic rings. The second-order valence-corrected chi connectivity index (χ2v) is 11.3. The van der Waals surface area contributed by atoms with E-state index in [1.807, 2.05) is 18.2 Å². The summed E-state index contributed by atoms with van der Waals surface area (Å²) < 4.78 is 48.2. The first kappa shape index (κ1) is 30.3. The van der Waals surface area contributed by atoms with Crippen molar-refractivity contribution in [3.8, 4) is 11.5 Å². The van der Waals surface area contributed by atoms with Crippen LogP contribution in [0.2, 0.25) is 0 Å². The second-order valence-electron chi connectivity index (χ2n) is 9.42. The lowest BCUT2D eigenvalue weighted by Gasteiger charge is -2.33. The Morgan fingerprint density at radius 2 is 1.40 bits per heavy atom. The molecule has 0 fully saturated rings. The van der Waals surface area contributed by atoms with Crippen molar-refractivity contribution in [3.05, 3.63) is 121 Å². The Balaban J connectivity index is 1.70. The summed E-state index contributed by atoms with van der Waals surface area (Å²) in [6.07, 6.45) is 0.281. The standard InChI is InChI=1S/C32H32FN3O5S/c1-3-30(32(38)34-2)35(22-24-14-16-25(33)17-15-24)31(37)23-36(42(39,40)29-12-8-5-9-13-29)26-18-20-28(21-19-26)41-27-10-6-4-7-11-27/h4-21,30H,3,22-23H2,1-2H3,(H,34,38)/t30-/m0/s1. The number of benzene rings is 4. The van der Waals surface area contributed by atoms with Gasteiger partial charge in [0.1, 0.15) is 29.9 Å². The molecule has 0 bridgehead atoms. The van der Waals surface area contributed by atoms with Crippen LogP contribution in [0.5, 0.6) is 11.5 Å². The Bertz CT molecular complexity index is 1580. The van der Waals surface area contributed by atoms with Crippen molar-refractivity contribution >= 4 is 27.5 Å². The highest BCUT2D eigenvalue weighted by atomic mass is 32.2. The molecule has 4 aromatic carbocycles. The average Bonchev–Trinajstić information content (AvgIpc) is 3.01. The monoisotopic (exact) mass is 589 g/mol. The SMILES string of the molecule is CC[C@@H](C(=O)NC)N(Cc1ccc(F)cc1)C(=O)CN(c1ccc(Oc2ccccc2)cc1)S(=O)(=O)c1ccccc1. The van der Waals surface area contributed by atoms with Gasteiger partial charge in [-0.25, -0.2) is 12.8 Å². The van der Waals surface area contributed by atoms with Crippen LogP contribution in [0.15, 0.2) is 114 Å². The number of halogens is 1. The van der Waals surface area contributed by atoms with Crippen LogP contribution in [0, 0.1) is 5.82 Å². The molecule has 8 nitrogen and oxygen atoms in total. The largest absolute Gasteiger partial charge is 0.457 e. The van der Waals surface area contributed by atoms with Crippen LogP contribution in [-0.4, -0.2) is 44.8 Å². The zero-order chi connectivity index (χ0) is 30.1. The van der Waals surface area contributed by atoms with Crippen molar-refractivity contribution in [1.29, 1.82) is 0 Å². The number of ether oxygens (including phenoxy) is 1. The summed E-state index contributed by atoms with van der Waals surface area (Å²) in [5, 5.41) is 2.57. The first-order chi connectivity index (χ1) is 20.2. The van der Waals surface area contributed by atoms with Gasteiger partial charge in [-0.1, -0.05) is 55.5 Å². The van der Waals surface area contributed by atoms with E-state index in [0.29, 0.717) is 17.1 Å². The van der Waals surface area contributed by atoms with Gasteiger partial charge in [0.25, 0.3) is 10.0 Å². The molecule has 0 aromatic heterocycles. The summed E-state index contributed by atoms with van der Waals surface area (Å²) in [4.78, 5) is 28.1. The van der Waals surface area contributed by atoms with Gasteiger partial charge in [-0.05, 0) is 72.6 Å². The molecule has 1 N–H and O–H groups in total. The van der Waals surface area contributed by atoms with E-state index in [2.05, 4.69) is 5.32 Å². The van der Waals surface area contributed by atoms with E-state index >= 15 is 0 Å². The first-order valence-electron chi connectivity index (χ1n) is 13.4. The molecule has 0 aliphatic heterocycles. The van der Waals surface area contributed by atoms with Gasteiger partial charge in [0.05, 0.1) is 10.6 Å². The summed E-state index contributed by atoms with van der Waals surface area (Å²) >= 11 is 0. The normalized spacial score (nSPS) is 11.8. The summed E-state index contributed by atoms with van der Waals surface area (Å²) in [6.45, 7) is 1.16. The molecule has 0 spiro atoms. The van der Waals surface area contributed by atoms with E-state index in [1.165, 1.54) is 48.3 Å². The Morgan fingerprint density at radius 1 is 0.833 bits per heavy atom. The fourth-order valence-electron chi connectivity index (χ4n) is 4.43. The van der Waals surface area contributed by atoms with Crippen molar-refractivity contribution in [2.75, 3.05) is 17.9 Å². The first-order valence-corrected chi connectivity index (χ1v) is 14.8. The number of amides is 2.